The molecule has 1 aliphatic rings. The largest absolute Gasteiger partial charge is 0.330 e. The monoisotopic (exact) mass is 240 g/mol. The molecule has 2 heteroatoms. The molecule has 0 aromatic heterocycles. The van der Waals surface area contributed by atoms with E-state index in [2.05, 4.69) is 32.6 Å². The Labute approximate surface area is 108 Å². The van der Waals surface area contributed by atoms with Crippen molar-refractivity contribution < 1.29 is 0 Å². The molecule has 102 valence electrons. The second-order valence-electron chi connectivity index (χ2n) is 6.04. The highest BCUT2D eigenvalue weighted by Crippen LogP contribution is 2.27. The fourth-order valence-corrected chi connectivity index (χ4v) is 3.08. The first kappa shape index (κ1) is 15.0. The molecule has 0 aromatic carbocycles. The number of likely N-dealkylation sites (tertiary alicyclic amines) is 1. The molecule has 4 atom stereocenters. The summed E-state index contributed by atoms with van der Waals surface area (Å²) >= 11 is 0. The molecule has 1 saturated heterocycles. The van der Waals surface area contributed by atoms with E-state index in [9.17, 15) is 0 Å². The van der Waals surface area contributed by atoms with Crippen LogP contribution in [0.15, 0.2) is 0 Å². The van der Waals surface area contributed by atoms with Gasteiger partial charge in [-0.25, -0.2) is 0 Å². The lowest BCUT2D eigenvalue weighted by Gasteiger charge is -2.43. The van der Waals surface area contributed by atoms with Crippen molar-refractivity contribution in [2.24, 2.45) is 17.6 Å². The quantitative estimate of drug-likeness (QED) is 0.772. The van der Waals surface area contributed by atoms with Gasteiger partial charge in [-0.2, -0.15) is 0 Å². The van der Waals surface area contributed by atoms with Crippen molar-refractivity contribution in [1.29, 1.82) is 0 Å². The molecule has 2 N–H and O–H groups in total. The van der Waals surface area contributed by atoms with Crippen LogP contribution in [0.5, 0.6) is 0 Å². The van der Waals surface area contributed by atoms with Crippen LogP contribution >= 0.6 is 0 Å². The zero-order chi connectivity index (χ0) is 12.8. The van der Waals surface area contributed by atoms with Crippen molar-refractivity contribution in [2.45, 2.75) is 71.9 Å². The van der Waals surface area contributed by atoms with Crippen LogP contribution in [0.3, 0.4) is 0 Å². The standard InChI is InChI=1S/C15H32N2/c1-5-12(3)9-15(6-2)17-11-14(10-16)8-7-13(17)4/h12-15H,5-11,16H2,1-4H3. The topological polar surface area (TPSA) is 29.3 Å². The zero-order valence-corrected chi connectivity index (χ0v) is 12.3. The predicted octanol–water partition coefficient (Wildman–Crippen LogP) is 3.26. The van der Waals surface area contributed by atoms with E-state index in [1.807, 2.05) is 0 Å². The van der Waals surface area contributed by atoms with Crippen molar-refractivity contribution >= 4 is 0 Å². The molecule has 0 radical (unpaired) electrons. The first-order valence-electron chi connectivity index (χ1n) is 7.58. The highest BCUT2D eigenvalue weighted by atomic mass is 15.2. The Bertz CT molecular complexity index is 205. The number of piperidine rings is 1. The van der Waals surface area contributed by atoms with Gasteiger partial charge in [0.1, 0.15) is 0 Å². The summed E-state index contributed by atoms with van der Waals surface area (Å²) in [5, 5.41) is 0. The molecule has 17 heavy (non-hydrogen) atoms. The molecule has 1 aliphatic heterocycles. The summed E-state index contributed by atoms with van der Waals surface area (Å²) in [7, 11) is 0. The summed E-state index contributed by atoms with van der Waals surface area (Å²) in [5.74, 6) is 1.59. The minimum atomic E-state index is 0.734. The maximum Gasteiger partial charge on any atom is 0.00981 e. The number of nitrogens with two attached hydrogens (primary N) is 1. The minimum Gasteiger partial charge on any atom is -0.330 e. The second kappa shape index (κ2) is 7.38. The van der Waals surface area contributed by atoms with Gasteiger partial charge in [-0.3, -0.25) is 4.90 Å². The van der Waals surface area contributed by atoms with Gasteiger partial charge in [-0.15, -0.1) is 0 Å². The Morgan fingerprint density at radius 2 is 1.94 bits per heavy atom. The lowest BCUT2D eigenvalue weighted by Crippen LogP contribution is -2.49. The third-order valence-corrected chi connectivity index (χ3v) is 4.67. The van der Waals surface area contributed by atoms with Crippen LogP contribution in [-0.2, 0) is 0 Å². The van der Waals surface area contributed by atoms with Gasteiger partial charge >= 0.3 is 0 Å². The molecule has 4 unspecified atom stereocenters. The van der Waals surface area contributed by atoms with Crippen LogP contribution in [-0.4, -0.2) is 30.1 Å². The fourth-order valence-electron chi connectivity index (χ4n) is 3.08. The molecule has 1 rings (SSSR count). The van der Waals surface area contributed by atoms with Gasteiger partial charge in [0.2, 0.25) is 0 Å². The molecule has 1 fully saturated rings. The van der Waals surface area contributed by atoms with Crippen molar-refractivity contribution in [1.82, 2.24) is 4.90 Å². The summed E-state index contributed by atoms with van der Waals surface area (Å²) in [4.78, 5) is 2.74. The van der Waals surface area contributed by atoms with E-state index in [4.69, 9.17) is 5.73 Å². The van der Waals surface area contributed by atoms with Gasteiger partial charge in [0, 0.05) is 18.6 Å². The highest BCUT2D eigenvalue weighted by molar-refractivity contribution is 4.84. The number of nitrogens with zero attached hydrogens (tertiary/aromatic N) is 1. The van der Waals surface area contributed by atoms with Crippen molar-refractivity contribution in [2.75, 3.05) is 13.1 Å². The van der Waals surface area contributed by atoms with Crippen LogP contribution < -0.4 is 5.73 Å². The second-order valence-corrected chi connectivity index (χ2v) is 6.04. The first-order chi connectivity index (χ1) is 8.12. The number of hydrogen-bond acceptors (Lipinski definition) is 2. The Morgan fingerprint density at radius 1 is 1.24 bits per heavy atom. The first-order valence-corrected chi connectivity index (χ1v) is 7.58. The van der Waals surface area contributed by atoms with Gasteiger partial charge in [0.15, 0.2) is 0 Å². The lowest BCUT2D eigenvalue weighted by atomic mass is 9.88. The summed E-state index contributed by atoms with van der Waals surface area (Å²) in [5.41, 5.74) is 5.85. The Kier molecular flexibility index (Phi) is 6.50. The van der Waals surface area contributed by atoms with Crippen LogP contribution in [0.2, 0.25) is 0 Å². The Hall–Kier alpha value is -0.0800. The van der Waals surface area contributed by atoms with Crippen molar-refractivity contribution in [3.63, 3.8) is 0 Å². The SMILES string of the molecule is CCC(C)CC(CC)N1CC(CN)CCC1C. The van der Waals surface area contributed by atoms with Crippen LogP contribution in [0, 0.1) is 11.8 Å². The average Bonchev–Trinajstić information content (AvgIpc) is 2.36. The van der Waals surface area contributed by atoms with E-state index < -0.39 is 0 Å². The normalized spacial score (nSPS) is 30.2. The van der Waals surface area contributed by atoms with E-state index in [1.54, 1.807) is 0 Å². The van der Waals surface area contributed by atoms with Crippen LogP contribution in [0.1, 0.15) is 59.8 Å². The number of rotatable bonds is 6. The van der Waals surface area contributed by atoms with Crippen molar-refractivity contribution in [3.8, 4) is 0 Å². The van der Waals surface area contributed by atoms with E-state index in [0.29, 0.717) is 0 Å². The van der Waals surface area contributed by atoms with E-state index in [-0.39, 0.29) is 0 Å². The number of hydrogen-bond donors (Lipinski definition) is 1. The molecular formula is C15H32N2. The maximum atomic E-state index is 5.85. The smallest absolute Gasteiger partial charge is 0.00981 e. The van der Waals surface area contributed by atoms with Gasteiger partial charge in [0.05, 0.1) is 0 Å². The fraction of sp³-hybridized carbons (Fsp3) is 1.00. The third kappa shape index (κ3) is 4.26. The summed E-state index contributed by atoms with van der Waals surface area (Å²) < 4.78 is 0. The van der Waals surface area contributed by atoms with Gasteiger partial charge in [-0.1, -0.05) is 27.2 Å². The van der Waals surface area contributed by atoms with E-state index in [0.717, 1.165) is 30.5 Å². The highest BCUT2D eigenvalue weighted by Gasteiger charge is 2.29. The maximum absolute atomic E-state index is 5.85. The molecule has 0 aliphatic carbocycles. The van der Waals surface area contributed by atoms with Gasteiger partial charge in [0.25, 0.3) is 0 Å². The summed E-state index contributed by atoms with van der Waals surface area (Å²) in [6.07, 6.45) is 6.60. The van der Waals surface area contributed by atoms with Crippen molar-refractivity contribution in [3.05, 3.63) is 0 Å². The summed E-state index contributed by atoms with van der Waals surface area (Å²) in [6.45, 7) is 11.5. The molecule has 2 nitrogen and oxygen atoms in total. The average molecular weight is 240 g/mol. The van der Waals surface area contributed by atoms with E-state index in [1.165, 1.54) is 38.6 Å². The molecular weight excluding hydrogens is 208 g/mol. The lowest BCUT2D eigenvalue weighted by molar-refractivity contribution is 0.0601. The molecule has 1 heterocycles. The molecule has 0 saturated carbocycles. The molecule has 0 bridgehead atoms. The Balaban J connectivity index is 2.58. The van der Waals surface area contributed by atoms with E-state index >= 15 is 0 Å². The van der Waals surface area contributed by atoms with Crippen LogP contribution in [0.4, 0.5) is 0 Å². The molecule has 0 spiro atoms. The van der Waals surface area contributed by atoms with Crippen LogP contribution in [0.25, 0.3) is 0 Å². The minimum absolute atomic E-state index is 0.734. The molecule has 0 aromatic rings. The third-order valence-electron chi connectivity index (χ3n) is 4.67. The molecule has 0 amide bonds. The van der Waals surface area contributed by atoms with Gasteiger partial charge in [-0.05, 0) is 51.0 Å². The predicted molar refractivity (Wildman–Crippen MR) is 76.1 cm³/mol. The summed E-state index contributed by atoms with van der Waals surface area (Å²) in [6, 6.07) is 1.53. The zero-order valence-electron chi connectivity index (χ0n) is 12.3. The Morgan fingerprint density at radius 3 is 2.47 bits per heavy atom. The van der Waals surface area contributed by atoms with Gasteiger partial charge < -0.3 is 5.73 Å².